The molecule has 10 nitrogen and oxygen atoms in total. The first kappa shape index (κ1) is 23.1. The zero-order chi connectivity index (χ0) is 22.5. The van der Waals surface area contributed by atoms with Gasteiger partial charge in [0.1, 0.15) is 0 Å². The molecule has 0 unspecified atom stereocenters. The molecule has 3 aliphatic rings. The molecule has 176 valence electrons. The Kier molecular flexibility index (Phi) is 7.69. The van der Waals surface area contributed by atoms with Gasteiger partial charge in [-0.2, -0.15) is 4.94 Å². The summed E-state index contributed by atoms with van der Waals surface area (Å²) < 4.78 is 0. The Balaban J connectivity index is 1.24. The van der Waals surface area contributed by atoms with Gasteiger partial charge >= 0.3 is 6.09 Å². The third kappa shape index (κ3) is 5.62. The highest BCUT2D eigenvalue weighted by Gasteiger charge is 2.26. The van der Waals surface area contributed by atoms with Crippen LogP contribution in [0.5, 0.6) is 0 Å². The van der Waals surface area contributed by atoms with E-state index in [1.165, 1.54) is 4.90 Å². The summed E-state index contributed by atoms with van der Waals surface area (Å²) in [7, 11) is 0. The molecule has 0 aliphatic carbocycles. The maximum Gasteiger partial charge on any atom is 0.407 e. The number of carbonyl (C=O) groups excluding carboxylic acids is 1. The molecule has 3 saturated heterocycles. The minimum Gasteiger partial charge on any atom is -0.465 e. The fraction of sp³-hybridized carbons (Fsp3) is 0.619. The van der Waals surface area contributed by atoms with Crippen LogP contribution >= 0.6 is 11.6 Å². The van der Waals surface area contributed by atoms with Crippen LogP contribution in [0, 0.1) is 5.92 Å². The summed E-state index contributed by atoms with van der Waals surface area (Å²) in [6.07, 6.45) is 2.14. The average molecular weight is 468 g/mol. The molecule has 3 heterocycles. The monoisotopic (exact) mass is 467 g/mol. The predicted octanol–water partition coefficient (Wildman–Crippen LogP) is 2.07. The maximum atomic E-state index is 13.1. The number of nitrogens with one attached hydrogen (secondary N) is 1. The van der Waals surface area contributed by atoms with Crippen LogP contribution in [0.1, 0.15) is 29.6 Å². The summed E-state index contributed by atoms with van der Waals surface area (Å²) in [5.41, 5.74) is 3.57. The van der Waals surface area contributed by atoms with E-state index in [9.17, 15) is 9.59 Å². The molecular formula is C21H30ClN5O5. The minimum atomic E-state index is -0.814. The van der Waals surface area contributed by atoms with Gasteiger partial charge in [-0.15, -0.1) is 0 Å². The van der Waals surface area contributed by atoms with E-state index in [2.05, 4.69) is 10.5 Å². The van der Waals surface area contributed by atoms with Gasteiger partial charge in [0.25, 0.3) is 5.91 Å². The van der Waals surface area contributed by atoms with Crippen molar-refractivity contribution in [3.05, 3.63) is 28.8 Å². The standard InChI is InChI=1S/C21H30ClN5O5/c22-18-2-1-17(15-19(18)27-13-14-31-23-32-27)20(28)25-11-9-24(10-12-25)6-3-16-4-7-26(8-5-16)21(29)30/h1-2,15-16,23H,3-14H2,(H,29,30). The normalized spacial score (nSPS) is 21.1. The Morgan fingerprint density at radius 2 is 1.81 bits per heavy atom. The molecule has 1 aromatic carbocycles. The molecular weight excluding hydrogens is 438 g/mol. The SMILES string of the molecule is O=C(O)N1CCC(CCN2CCN(C(=O)c3ccc(Cl)c(N4CCONO4)c3)CC2)CC1. The van der Waals surface area contributed by atoms with E-state index in [0.717, 1.165) is 38.9 Å². The highest BCUT2D eigenvalue weighted by molar-refractivity contribution is 6.33. The number of piperazine rings is 1. The van der Waals surface area contributed by atoms with Crippen molar-refractivity contribution in [3.8, 4) is 0 Å². The first-order chi connectivity index (χ1) is 15.5. The number of amides is 2. The van der Waals surface area contributed by atoms with Gasteiger partial charge in [0, 0.05) is 44.8 Å². The molecule has 32 heavy (non-hydrogen) atoms. The summed E-state index contributed by atoms with van der Waals surface area (Å²) in [6.45, 7) is 6.26. The summed E-state index contributed by atoms with van der Waals surface area (Å²) in [5.74, 6) is 0.569. The molecule has 0 spiro atoms. The van der Waals surface area contributed by atoms with E-state index in [4.69, 9.17) is 26.5 Å². The number of anilines is 1. The van der Waals surface area contributed by atoms with E-state index in [1.54, 1.807) is 23.3 Å². The van der Waals surface area contributed by atoms with Crippen molar-refractivity contribution < 1.29 is 24.5 Å². The second-order valence-corrected chi connectivity index (χ2v) is 8.83. The average Bonchev–Trinajstić information content (AvgIpc) is 2.84. The quantitative estimate of drug-likeness (QED) is 0.679. The van der Waals surface area contributed by atoms with Crippen LogP contribution in [-0.2, 0) is 9.78 Å². The molecule has 3 aliphatic heterocycles. The molecule has 0 aromatic heterocycles. The topological polar surface area (TPSA) is 97.8 Å². The second kappa shape index (κ2) is 10.7. The Morgan fingerprint density at radius 3 is 2.47 bits per heavy atom. The van der Waals surface area contributed by atoms with E-state index >= 15 is 0 Å². The number of hydroxylamine groups is 1. The van der Waals surface area contributed by atoms with Crippen molar-refractivity contribution in [1.29, 1.82) is 0 Å². The van der Waals surface area contributed by atoms with Crippen molar-refractivity contribution >= 4 is 29.3 Å². The Morgan fingerprint density at radius 1 is 1.06 bits per heavy atom. The van der Waals surface area contributed by atoms with Crippen molar-refractivity contribution in [2.75, 3.05) is 64.0 Å². The zero-order valence-corrected chi connectivity index (χ0v) is 18.8. The lowest BCUT2D eigenvalue weighted by atomic mass is 9.93. The summed E-state index contributed by atoms with van der Waals surface area (Å²) in [5, 5.41) is 11.1. The molecule has 0 atom stereocenters. The molecule has 3 fully saturated rings. The van der Waals surface area contributed by atoms with Crippen LogP contribution in [0.25, 0.3) is 0 Å². The van der Waals surface area contributed by atoms with Gasteiger partial charge in [0.15, 0.2) is 0 Å². The van der Waals surface area contributed by atoms with Gasteiger partial charge < -0.3 is 14.9 Å². The zero-order valence-electron chi connectivity index (χ0n) is 18.0. The number of halogens is 1. The van der Waals surface area contributed by atoms with Gasteiger partial charge in [-0.25, -0.2) is 9.86 Å². The first-order valence-electron chi connectivity index (χ1n) is 11.1. The van der Waals surface area contributed by atoms with Crippen molar-refractivity contribution in [3.63, 3.8) is 0 Å². The molecule has 1 aromatic rings. The second-order valence-electron chi connectivity index (χ2n) is 8.43. The van der Waals surface area contributed by atoms with Gasteiger partial charge in [-0.05, 0) is 49.9 Å². The van der Waals surface area contributed by atoms with E-state index in [0.29, 0.717) is 61.5 Å². The van der Waals surface area contributed by atoms with E-state index < -0.39 is 6.09 Å². The number of hydrogen-bond acceptors (Lipinski definition) is 7. The summed E-state index contributed by atoms with van der Waals surface area (Å²) in [6, 6.07) is 5.22. The summed E-state index contributed by atoms with van der Waals surface area (Å²) >= 11 is 6.31. The Bertz CT molecular complexity index is 806. The highest BCUT2D eigenvalue weighted by atomic mass is 35.5. The lowest BCUT2D eigenvalue weighted by Gasteiger charge is -2.36. The molecule has 11 heteroatoms. The van der Waals surface area contributed by atoms with Gasteiger partial charge in [0.05, 0.1) is 23.9 Å². The van der Waals surface area contributed by atoms with Crippen LogP contribution in [-0.4, -0.2) is 90.8 Å². The number of likely N-dealkylation sites (tertiary alicyclic amines) is 1. The van der Waals surface area contributed by atoms with Crippen LogP contribution in [0.2, 0.25) is 5.02 Å². The first-order valence-corrected chi connectivity index (χ1v) is 11.5. The number of benzene rings is 1. The van der Waals surface area contributed by atoms with E-state index in [-0.39, 0.29) is 5.91 Å². The van der Waals surface area contributed by atoms with Gasteiger partial charge in [0.2, 0.25) is 0 Å². The van der Waals surface area contributed by atoms with Crippen LogP contribution in [0.3, 0.4) is 0 Å². The van der Waals surface area contributed by atoms with Crippen molar-refractivity contribution in [1.82, 2.24) is 20.3 Å². The number of carboxylic acid groups (broad SMARTS) is 1. The van der Waals surface area contributed by atoms with Gasteiger partial charge in [-0.3, -0.25) is 14.5 Å². The fourth-order valence-electron chi connectivity index (χ4n) is 4.43. The molecule has 2 amide bonds. The molecule has 4 rings (SSSR count). The third-order valence-electron chi connectivity index (χ3n) is 6.46. The largest absolute Gasteiger partial charge is 0.465 e. The lowest BCUT2D eigenvalue weighted by molar-refractivity contribution is -0.210. The Hall–Kier alpha value is -2.11. The molecule has 0 saturated carbocycles. The predicted molar refractivity (Wildman–Crippen MR) is 118 cm³/mol. The molecule has 2 N–H and O–H groups in total. The van der Waals surface area contributed by atoms with Gasteiger partial charge in [-0.1, -0.05) is 17.2 Å². The fourth-order valence-corrected chi connectivity index (χ4v) is 4.64. The Labute approximate surface area is 192 Å². The molecule has 0 radical (unpaired) electrons. The number of carbonyl (C=O) groups is 2. The van der Waals surface area contributed by atoms with Crippen LogP contribution < -0.4 is 10.7 Å². The number of piperidine rings is 1. The molecule has 0 bridgehead atoms. The maximum absolute atomic E-state index is 13.1. The third-order valence-corrected chi connectivity index (χ3v) is 6.78. The van der Waals surface area contributed by atoms with Crippen LogP contribution in [0.15, 0.2) is 18.2 Å². The van der Waals surface area contributed by atoms with Crippen LogP contribution in [0.4, 0.5) is 10.5 Å². The smallest absolute Gasteiger partial charge is 0.407 e. The van der Waals surface area contributed by atoms with Crippen molar-refractivity contribution in [2.24, 2.45) is 5.92 Å². The number of hydrogen-bond donors (Lipinski definition) is 2. The van der Waals surface area contributed by atoms with Crippen molar-refractivity contribution in [2.45, 2.75) is 19.3 Å². The number of nitrogens with zero attached hydrogens (tertiary/aromatic N) is 4. The highest BCUT2D eigenvalue weighted by Crippen LogP contribution is 2.28. The van der Waals surface area contributed by atoms with E-state index in [1.807, 2.05) is 4.90 Å². The number of rotatable bonds is 5. The summed E-state index contributed by atoms with van der Waals surface area (Å²) in [4.78, 5) is 40.1. The minimum absolute atomic E-state index is 0.00942. The lowest BCUT2D eigenvalue weighted by Crippen LogP contribution is -2.49.